The number of pyridine rings is 1. The molecule has 0 bridgehead atoms. The van der Waals surface area contributed by atoms with Crippen molar-refractivity contribution in [2.24, 2.45) is 0 Å². The summed E-state index contributed by atoms with van der Waals surface area (Å²) in [7, 11) is 0. The second-order valence-electron chi connectivity index (χ2n) is 8.80. The highest BCUT2D eigenvalue weighted by Gasteiger charge is 2.24. The molecule has 3 heterocycles. The Kier molecular flexibility index (Phi) is 7.58. The largest absolute Gasteiger partial charge is 0.352 e. The van der Waals surface area contributed by atoms with Crippen molar-refractivity contribution in [2.75, 3.05) is 11.9 Å². The van der Waals surface area contributed by atoms with Gasteiger partial charge in [0.2, 0.25) is 5.91 Å². The number of rotatable bonds is 7. The Bertz CT molecular complexity index is 1560. The van der Waals surface area contributed by atoms with Crippen molar-refractivity contribution in [3.8, 4) is 16.9 Å². The minimum absolute atomic E-state index is 0.0492. The van der Waals surface area contributed by atoms with Gasteiger partial charge in [0.1, 0.15) is 11.6 Å². The molecule has 1 aliphatic rings. The Hall–Kier alpha value is -4.28. The Balaban J connectivity index is 1.43. The number of hydrogen-bond acceptors (Lipinski definition) is 5. The van der Waals surface area contributed by atoms with Crippen LogP contribution in [0.4, 0.5) is 10.2 Å². The van der Waals surface area contributed by atoms with Crippen LogP contribution >= 0.6 is 23.2 Å². The van der Waals surface area contributed by atoms with E-state index >= 15 is 0 Å². The molecule has 1 aliphatic heterocycles. The maximum Gasteiger partial charge on any atom is 0.271 e. The van der Waals surface area contributed by atoms with Crippen LogP contribution in [0, 0.1) is 5.82 Å². The van der Waals surface area contributed by atoms with E-state index in [4.69, 9.17) is 23.2 Å². The number of carbonyl (C=O) groups excluding carboxylic acids is 3. The molecular weight excluding hydrogens is 546 g/mol. The van der Waals surface area contributed by atoms with E-state index in [9.17, 15) is 18.8 Å². The quantitative estimate of drug-likeness (QED) is 0.301. The van der Waals surface area contributed by atoms with Crippen molar-refractivity contribution >= 4 is 46.7 Å². The fourth-order valence-corrected chi connectivity index (χ4v) is 4.69. The number of halogens is 3. The minimum atomic E-state index is -0.585. The first-order valence-corrected chi connectivity index (χ1v) is 12.7. The minimum Gasteiger partial charge on any atom is -0.352 e. The maximum atomic E-state index is 13.4. The van der Waals surface area contributed by atoms with Crippen LogP contribution in [-0.4, -0.2) is 45.1 Å². The van der Waals surface area contributed by atoms with Crippen molar-refractivity contribution in [3.63, 3.8) is 0 Å². The maximum absolute atomic E-state index is 13.4. The number of anilines is 1. The SMILES string of the molecule is O=C1CCC(CNC(=O)c2cc(NC(=O)c3cc(-c4ccc(F)cn4)c(Cl)cc3Cl)n(-c3ccccc3)n2)N1. The van der Waals surface area contributed by atoms with Gasteiger partial charge in [-0.05, 0) is 42.8 Å². The van der Waals surface area contributed by atoms with Crippen molar-refractivity contribution in [2.45, 2.75) is 18.9 Å². The highest BCUT2D eigenvalue weighted by molar-refractivity contribution is 6.38. The summed E-state index contributed by atoms with van der Waals surface area (Å²) in [4.78, 5) is 41.7. The lowest BCUT2D eigenvalue weighted by Crippen LogP contribution is -2.38. The second-order valence-corrected chi connectivity index (χ2v) is 9.62. The Morgan fingerprint density at radius 2 is 1.85 bits per heavy atom. The van der Waals surface area contributed by atoms with Gasteiger partial charge in [0.05, 0.1) is 33.2 Å². The number of carbonyl (C=O) groups is 3. The highest BCUT2D eigenvalue weighted by Crippen LogP contribution is 2.32. The Morgan fingerprint density at radius 1 is 1.05 bits per heavy atom. The van der Waals surface area contributed by atoms with Crippen LogP contribution in [0.1, 0.15) is 33.7 Å². The molecule has 1 saturated heterocycles. The molecular formula is C27H21Cl2FN6O3. The van der Waals surface area contributed by atoms with Crippen molar-refractivity contribution in [1.82, 2.24) is 25.4 Å². The molecule has 198 valence electrons. The van der Waals surface area contributed by atoms with Gasteiger partial charge in [-0.3, -0.25) is 19.4 Å². The third-order valence-electron chi connectivity index (χ3n) is 6.08. The summed E-state index contributed by atoms with van der Waals surface area (Å²) in [6, 6.07) is 15.8. The van der Waals surface area contributed by atoms with Crippen molar-refractivity contribution in [3.05, 3.63) is 94.0 Å². The number of amides is 3. The third kappa shape index (κ3) is 5.92. The lowest BCUT2D eigenvalue weighted by atomic mass is 10.1. The fraction of sp³-hybridized carbons (Fsp3) is 0.148. The summed E-state index contributed by atoms with van der Waals surface area (Å²) in [5.41, 5.74) is 1.51. The van der Waals surface area contributed by atoms with Gasteiger partial charge in [0, 0.05) is 30.6 Å². The van der Waals surface area contributed by atoms with Gasteiger partial charge < -0.3 is 16.0 Å². The van der Waals surface area contributed by atoms with E-state index in [2.05, 4.69) is 26.0 Å². The van der Waals surface area contributed by atoms with Crippen LogP contribution < -0.4 is 16.0 Å². The summed E-state index contributed by atoms with van der Waals surface area (Å²) >= 11 is 12.7. The average molecular weight is 567 g/mol. The van der Waals surface area contributed by atoms with Gasteiger partial charge in [-0.1, -0.05) is 41.4 Å². The number of para-hydroxylation sites is 1. The van der Waals surface area contributed by atoms with E-state index in [0.29, 0.717) is 29.8 Å². The number of nitrogens with one attached hydrogen (secondary N) is 3. The molecule has 9 nitrogen and oxygen atoms in total. The molecule has 4 aromatic rings. The Labute approximate surface area is 232 Å². The van der Waals surface area contributed by atoms with E-state index in [1.54, 1.807) is 24.3 Å². The first kappa shape index (κ1) is 26.3. The third-order valence-corrected chi connectivity index (χ3v) is 6.71. The van der Waals surface area contributed by atoms with Crippen LogP contribution in [0.5, 0.6) is 0 Å². The molecule has 0 aliphatic carbocycles. The molecule has 3 N–H and O–H groups in total. The molecule has 2 aromatic heterocycles. The van der Waals surface area contributed by atoms with Gasteiger partial charge in [-0.25, -0.2) is 9.07 Å². The van der Waals surface area contributed by atoms with Crippen LogP contribution in [0.15, 0.2) is 66.9 Å². The highest BCUT2D eigenvalue weighted by atomic mass is 35.5. The zero-order valence-electron chi connectivity index (χ0n) is 20.2. The lowest BCUT2D eigenvalue weighted by molar-refractivity contribution is -0.119. The molecule has 3 amide bonds. The number of hydrogen-bond donors (Lipinski definition) is 3. The summed E-state index contributed by atoms with van der Waals surface area (Å²) in [5, 5.41) is 13.1. The molecule has 1 atom stereocenters. The molecule has 1 unspecified atom stereocenters. The molecule has 12 heteroatoms. The van der Waals surface area contributed by atoms with Gasteiger partial charge in [-0.2, -0.15) is 5.10 Å². The second kappa shape index (κ2) is 11.2. The van der Waals surface area contributed by atoms with Crippen LogP contribution in [0.25, 0.3) is 16.9 Å². The topological polar surface area (TPSA) is 118 Å². The Morgan fingerprint density at radius 3 is 2.54 bits per heavy atom. The zero-order chi connectivity index (χ0) is 27.5. The van der Waals surface area contributed by atoms with Gasteiger partial charge >= 0.3 is 0 Å². The molecule has 0 saturated carbocycles. The first-order chi connectivity index (χ1) is 18.8. The summed E-state index contributed by atoms with van der Waals surface area (Å²) in [6.07, 6.45) is 2.10. The lowest BCUT2D eigenvalue weighted by Gasteiger charge is -2.12. The molecule has 2 aromatic carbocycles. The van der Waals surface area contributed by atoms with E-state index < -0.39 is 17.6 Å². The van der Waals surface area contributed by atoms with Crippen LogP contribution in [0.2, 0.25) is 10.0 Å². The molecule has 0 spiro atoms. The van der Waals surface area contributed by atoms with Gasteiger partial charge in [0.15, 0.2) is 5.69 Å². The smallest absolute Gasteiger partial charge is 0.271 e. The number of benzene rings is 2. The van der Waals surface area contributed by atoms with Gasteiger partial charge in [-0.15, -0.1) is 0 Å². The van der Waals surface area contributed by atoms with Gasteiger partial charge in [0.25, 0.3) is 11.8 Å². The van der Waals surface area contributed by atoms with Crippen LogP contribution in [0.3, 0.4) is 0 Å². The first-order valence-electron chi connectivity index (χ1n) is 11.9. The van der Waals surface area contributed by atoms with Crippen LogP contribution in [-0.2, 0) is 4.79 Å². The fourth-order valence-electron chi connectivity index (χ4n) is 4.12. The average Bonchev–Trinajstić information content (AvgIpc) is 3.54. The van der Waals surface area contributed by atoms with Crippen molar-refractivity contribution < 1.29 is 18.8 Å². The van der Waals surface area contributed by atoms with E-state index in [-0.39, 0.29) is 45.6 Å². The standard InChI is InChI=1S/C27H21Cl2FN6O3/c28-20-11-21(29)19(10-18(20)22-8-6-15(30)13-31-22)26(38)34-24-12-23(35-36(24)17-4-2-1-3-5-17)27(39)32-14-16-7-9-25(37)33-16/h1-6,8,10-13,16H,7,9,14H2,(H,32,39)(H,33,37)(H,34,38). The molecule has 1 fully saturated rings. The number of aromatic nitrogens is 3. The van der Waals surface area contributed by atoms with E-state index in [0.717, 1.165) is 6.20 Å². The zero-order valence-corrected chi connectivity index (χ0v) is 21.8. The van der Waals surface area contributed by atoms with E-state index in [1.807, 2.05) is 6.07 Å². The monoisotopic (exact) mass is 566 g/mol. The predicted molar refractivity (Wildman–Crippen MR) is 145 cm³/mol. The summed E-state index contributed by atoms with van der Waals surface area (Å²) in [6.45, 7) is 0.255. The summed E-state index contributed by atoms with van der Waals surface area (Å²) in [5.74, 6) is -1.39. The molecule has 0 radical (unpaired) electrons. The summed E-state index contributed by atoms with van der Waals surface area (Å²) < 4.78 is 14.8. The molecule has 5 rings (SSSR count). The van der Waals surface area contributed by atoms with Crippen molar-refractivity contribution in [1.29, 1.82) is 0 Å². The molecule has 39 heavy (non-hydrogen) atoms. The van der Waals surface area contributed by atoms with E-state index in [1.165, 1.54) is 35.0 Å². The normalized spacial score (nSPS) is 14.6. The predicted octanol–water partition coefficient (Wildman–Crippen LogP) is 4.64. The number of nitrogens with zero attached hydrogens (tertiary/aromatic N) is 3.